The summed E-state index contributed by atoms with van der Waals surface area (Å²) in [5.74, 6) is 0.433. The number of hydrogen-bond acceptors (Lipinski definition) is 7. The number of aliphatic hydroxyl groups excluding tert-OH is 2. The third-order valence-electron chi connectivity index (χ3n) is 6.34. The third kappa shape index (κ3) is 5.98. The summed E-state index contributed by atoms with van der Waals surface area (Å²) in [6.45, 7) is 0.581. The number of benzene rings is 1. The lowest BCUT2D eigenvalue weighted by Gasteiger charge is -2.36. The summed E-state index contributed by atoms with van der Waals surface area (Å²) in [5, 5.41) is 21.4. The van der Waals surface area contributed by atoms with Crippen molar-refractivity contribution < 1.29 is 32.9 Å². The Morgan fingerprint density at radius 3 is 2.79 bits per heavy atom. The molecule has 2 atom stereocenters. The van der Waals surface area contributed by atoms with E-state index in [1.54, 1.807) is 12.1 Å². The Bertz CT molecular complexity index is 1360. The Hall–Kier alpha value is -3.32. The standard InChI is InChI=1S/C25H23ClF3N5O4.ClH/c26-19-10-20-23(32-22(19)14-2-1-3-15(8-14)25(27,28)29)34(17-5-7-33(20)11-17)24(37)31-16-4-6-30-21(9-16)38-13-18(36)12-35;/h1-4,6,8-10,17-18,35-36H,5,7,11-13H2,(H,30,31,37);1H/t17-,18-;/m0./s1. The number of amides is 2. The normalized spacial score (nSPS) is 16.8. The van der Waals surface area contributed by atoms with Gasteiger partial charge in [-0.05, 0) is 30.7 Å². The average molecular weight is 586 g/mol. The Labute approximate surface area is 232 Å². The topological polar surface area (TPSA) is 111 Å². The molecule has 208 valence electrons. The quantitative estimate of drug-likeness (QED) is 0.387. The van der Waals surface area contributed by atoms with Gasteiger partial charge in [-0.2, -0.15) is 13.2 Å². The Morgan fingerprint density at radius 1 is 1.26 bits per heavy atom. The monoisotopic (exact) mass is 585 g/mol. The van der Waals surface area contributed by atoms with Crippen molar-refractivity contribution in [2.75, 3.05) is 41.4 Å². The number of ether oxygens (including phenoxy) is 1. The fraction of sp³-hybridized carbons (Fsp3) is 0.320. The molecule has 3 N–H and O–H groups in total. The lowest BCUT2D eigenvalue weighted by Crippen LogP contribution is -2.48. The number of urea groups is 1. The first kappa shape index (κ1) is 28.7. The van der Waals surface area contributed by atoms with Gasteiger partial charge in [0.2, 0.25) is 5.88 Å². The van der Waals surface area contributed by atoms with Gasteiger partial charge in [0.1, 0.15) is 12.7 Å². The first-order valence-electron chi connectivity index (χ1n) is 11.7. The number of anilines is 3. The average Bonchev–Trinajstić information content (AvgIpc) is 3.31. The highest BCUT2D eigenvalue weighted by atomic mass is 35.5. The molecule has 5 rings (SSSR count). The Morgan fingerprint density at radius 2 is 2.05 bits per heavy atom. The molecule has 0 aliphatic carbocycles. The fourth-order valence-electron chi connectivity index (χ4n) is 4.52. The molecule has 0 radical (unpaired) electrons. The van der Waals surface area contributed by atoms with Crippen molar-refractivity contribution >= 4 is 47.2 Å². The maximum Gasteiger partial charge on any atom is 0.416 e. The molecule has 3 aromatic rings. The zero-order valence-corrected chi connectivity index (χ0v) is 21.8. The molecular formula is C25H24Cl2F3N5O4. The maximum absolute atomic E-state index is 13.5. The van der Waals surface area contributed by atoms with E-state index in [1.165, 1.54) is 29.3 Å². The molecule has 2 aliphatic rings. The van der Waals surface area contributed by atoms with Crippen molar-refractivity contribution in [3.8, 4) is 17.1 Å². The van der Waals surface area contributed by atoms with Gasteiger partial charge in [-0.25, -0.2) is 14.8 Å². The largest absolute Gasteiger partial charge is 0.475 e. The van der Waals surface area contributed by atoms with Gasteiger partial charge in [-0.1, -0.05) is 23.7 Å². The first-order valence-corrected chi connectivity index (χ1v) is 12.1. The van der Waals surface area contributed by atoms with E-state index in [-0.39, 0.29) is 47.2 Å². The van der Waals surface area contributed by atoms with Crippen LogP contribution in [0.5, 0.6) is 5.88 Å². The Balaban J connectivity index is 0.00000353. The second-order valence-corrected chi connectivity index (χ2v) is 9.37. The number of aromatic nitrogens is 2. The molecule has 9 nitrogen and oxygen atoms in total. The van der Waals surface area contributed by atoms with E-state index in [0.29, 0.717) is 36.7 Å². The molecule has 1 aromatic carbocycles. The van der Waals surface area contributed by atoms with E-state index < -0.39 is 30.5 Å². The molecule has 0 spiro atoms. The summed E-state index contributed by atoms with van der Waals surface area (Å²) in [5.41, 5.74) is 0.478. The lowest BCUT2D eigenvalue weighted by molar-refractivity contribution is -0.137. The van der Waals surface area contributed by atoms with E-state index in [2.05, 4.69) is 15.3 Å². The second-order valence-electron chi connectivity index (χ2n) is 8.96. The molecule has 1 fully saturated rings. The highest BCUT2D eigenvalue weighted by Gasteiger charge is 2.41. The zero-order chi connectivity index (χ0) is 27.0. The van der Waals surface area contributed by atoms with Gasteiger partial charge in [0.25, 0.3) is 0 Å². The number of fused-ring (bicyclic) bond motifs is 4. The molecule has 4 heterocycles. The highest BCUT2D eigenvalue weighted by Crippen LogP contribution is 2.43. The van der Waals surface area contributed by atoms with E-state index in [0.717, 1.165) is 12.1 Å². The smallest absolute Gasteiger partial charge is 0.416 e. The van der Waals surface area contributed by atoms with Crippen molar-refractivity contribution in [3.63, 3.8) is 0 Å². The lowest BCUT2D eigenvalue weighted by atomic mass is 10.1. The number of hydrogen-bond donors (Lipinski definition) is 3. The van der Waals surface area contributed by atoms with Crippen LogP contribution in [0.15, 0.2) is 48.7 Å². The number of nitrogens with zero attached hydrogens (tertiary/aromatic N) is 4. The third-order valence-corrected chi connectivity index (χ3v) is 6.62. The minimum absolute atomic E-state index is 0. The van der Waals surface area contributed by atoms with Crippen LogP contribution in [0.4, 0.5) is 35.2 Å². The minimum Gasteiger partial charge on any atom is -0.475 e. The minimum atomic E-state index is -4.53. The second kappa shape index (κ2) is 11.4. The van der Waals surface area contributed by atoms with E-state index in [4.69, 9.17) is 21.4 Å². The van der Waals surface area contributed by atoms with Crippen LogP contribution in [-0.2, 0) is 6.18 Å². The van der Waals surface area contributed by atoms with Crippen molar-refractivity contribution in [1.82, 2.24) is 9.97 Å². The number of rotatable bonds is 6. The predicted molar refractivity (Wildman–Crippen MR) is 142 cm³/mol. The number of pyridine rings is 2. The van der Waals surface area contributed by atoms with Crippen LogP contribution in [0, 0.1) is 0 Å². The van der Waals surface area contributed by atoms with Gasteiger partial charge < -0.3 is 25.2 Å². The molecular weight excluding hydrogens is 562 g/mol. The van der Waals surface area contributed by atoms with Crippen LogP contribution in [0.1, 0.15) is 12.0 Å². The summed E-state index contributed by atoms with van der Waals surface area (Å²) in [7, 11) is 0. The summed E-state index contributed by atoms with van der Waals surface area (Å²) < 4.78 is 45.3. The number of carbonyl (C=O) groups is 1. The van der Waals surface area contributed by atoms with Gasteiger partial charge in [-0.3, -0.25) is 4.90 Å². The number of carbonyl (C=O) groups excluding carboxylic acids is 1. The number of halogens is 5. The van der Waals surface area contributed by atoms with Gasteiger partial charge in [0.05, 0.1) is 34.6 Å². The van der Waals surface area contributed by atoms with Crippen LogP contribution in [0.2, 0.25) is 5.02 Å². The van der Waals surface area contributed by atoms with Crippen LogP contribution in [-0.4, -0.2) is 64.7 Å². The predicted octanol–water partition coefficient (Wildman–Crippen LogP) is 4.60. The van der Waals surface area contributed by atoms with Crippen LogP contribution >= 0.6 is 24.0 Å². The van der Waals surface area contributed by atoms with Crippen LogP contribution in [0.25, 0.3) is 11.3 Å². The molecule has 2 aromatic heterocycles. The summed E-state index contributed by atoms with van der Waals surface area (Å²) in [4.78, 5) is 25.7. The molecule has 2 bridgehead atoms. The van der Waals surface area contributed by atoms with Crippen molar-refractivity contribution in [2.24, 2.45) is 0 Å². The summed E-state index contributed by atoms with van der Waals surface area (Å²) in [6, 6.07) is 8.69. The van der Waals surface area contributed by atoms with Gasteiger partial charge in [-0.15, -0.1) is 12.4 Å². The molecule has 2 aliphatic heterocycles. The van der Waals surface area contributed by atoms with Crippen molar-refractivity contribution in [2.45, 2.75) is 24.7 Å². The number of alkyl halides is 3. The first-order chi connectivity index (χ1) is 18.1. The molecule has 39 heavy (non-hydrogen) atoms. The van der Waals surface area contributed by atoms with E-state index in [1.807, 2.05) is 4.90 Å². The molecule has 0 unspecified atom stereocenters. The SMILES string of the molecule is Cl.O=C(Nc1ccnc(OC[C@@H](O)CO)c1)N1c2nc(-c3cccc(C(F)(F)F)c3)c(Cl)cc2N2CC[C@H]1C2. The number of aliphatic hydroxyl groups is 2. The maximum atomic E-state index is 13.5. The zero-order valence-electron chi connectivity index (χ0n) is 20.2. The molecule has 0 saturated carbocycles. The van der Waals surface area contributed by atoms with Crippen LogP contribution < -0.4 is 19.9 Å². The van der Waals surface area contributed by atoms with Crippen LogP contribution in [0.3, 0.4) is 0 Å². The van der Waals surface area contributed by atoms with Gasteiger partial charge in [0, 0.05) is 36.6 Å². The van der Waals surface area contributed by atoms with Crippen molar-refractivity contribution in [3.05, 3.63) is 59.2 Å². The van der Waals surface area contributed by atoms with Crippen molar-refractivity contribution in [1.29, 1.82) is 0 Å². The molecule has 14 heteroatoms. The summed E-state index contributed by atoms with van der Waals surface area (Å²) in [6.07, 6.45) is -3.52. The fourth-order valence-corrected chi connectivity index (χ4v) is 4.77. The number of nitrogens with one attached hydrogen (secondary N) is 1. The highest BCUT2D eigenvalue weighted by molar-refractivity contribution is 6.33. The van der Waals surface area contributed by atoms with Gasteiger partial charge in [0.15, 0.2) is 5.82 Å². The van der Waals surface area contributed by atoms with Gasteiger partial charge >= 0.3 is 12.2 Å². The molecule has 2 amide bonds. The van der Waals surface area contributed by atoms with E-state index >= 15 is 0 Å². The Kier molecular flexibility index (Phi) is 8.40. The molecule has 1 saturated heterocycles. The summed E-state index contributed by atoms with van der Waals surface area (Å²) >= 11 is 6.49. The van der Waals surface area contributed by atoms with E-state index in [9.17, 15) is 23.1 Å².